The van der Waals surface area contributed by atoms with Gasteiger partial charge in [-0.05, 0) is 24.6 Å². The molecular weight excluding hydrogens is 281 g/mol. The molecule has 1 aromatic carbocycles. The number of nitrogens with two attached hydrogens (primary N) is 1. The molecule has 0 aliphatic heterocycles. The molecule has 0 heterocycles. The van der Waals surface area contributed by atoms with Crippen molar-refractivity contribution < 1.29 is 0 Å². The fourth-order valence-electron chi connectivity index (χ4n) is 1.61. The van der Waals surface area contributed by atoms with Crippen molar-refractivity contribution in [3.63, 3.8) is 0 Å². The predicted octanol–water partition coefficient (Wildman–Crippen LogP) is 3.58. The number of hydrogen-bond acceptors (Lipinski definition) is 1. The first-order valence-electron chi connectivity index (χ1n) is 6.04. The quantitative estimate of drug-likeness (QED) is 0.496. The summed E-state index contributed by atoms with van der Waals surface area (Å²) in [7, 11) is 0. The van der Waals surface area contributed by atoms with Gasteiger partial charge in [-0.2, -0.15) is 0 Å². The van der Waals surface area contributed by atoms with E-state index in [-0.39, 0.29) is 5.92 Å². The normalized spacial score (nSPS) is 13.2. The molecule has 0 radical (unpaired) electrons. The number of hydrogen-bond donors (Lipinski definition) is 2. The number of rotatable bonds is 5. The summed E-state index contributed by atoms with van der Waals surface area (Å²) < 4.78 is 0. The Kier molecular flexibility index (Phi) is 6.19. The monoisotopic (exact) mass is 299 g/mol. The highest BCUT2D eigenvalue weighted by molar-refractivity contribution is 6.36. The maximum Gasteiger partial charge on any atom is 0.188 e. The van der Waals surface area contributed by atoms with Crippen molar-refractivity contribution in [2.75, 3.05) is 13.1 Å². The van der Waals surface area contributed by atoms with Crippen LogP contribution in [0.25, 0.3) is 0 Å². The summed E-state index contributed by atoms with van der Waals surface area (Å²) >= 11 is 12.3. The van der Waals surface area contributed by atoms with Gasteiger partial charge in [0, 0.05) is 29.1 Å². The highest BCUT2D eigenvalue weighted by Gasteiger charge is 2.13. The molecule has 1 aromatic rings. The van der Waals surface area contributed by atoms with Gasteiger partial charge in [0.15, 0.2) is 5.96 Å². The molecular formula is C14H19Cl2N3. The van der Waals surface area contributed by atoms with Gasteiger partial charge in [-0.25, -0.2) is 0 Å². The summed E-state index contributed by atoms with van der Waals surface area (Å²) in [6.45, 7) is 8.87. The lowest BCUT2D eigenvalue weighted by molar-refractivity contribution is 0.768. The van der Waals surface area contributed by atoms with Crippen molar-refractivity contribution in [2.45, 2.75) is 19.8 Å². The van der Waals surface area contributed by atoms with Crippen molar-refractivity contribution in [1.29, 1.82) is 0 Å². The lowest BCUT2D eigenvalue weighted by atomic mass is 10.0. The second kappa shape index (κ2) is 7.41. The first-order chi connectivity index (χ1) is 8.91. The van der Waals surface area contributed by atoms with Crippen LogP contribution in [0.15, 0.2) is 35.3 Å². The van der Waals surface area contributed by atoms with E-state index in [1.807, 2.05) is 32.0 Å². The van der Waals surface area contributed by atoms with Gasteiger partial charge < -0.3 is 11.1 Å². The molecule has 5 heteroatoms. The second-order valence-electron chi connectivity index (χ2n) is 4.57. The minimum atomic E-state index is 0.103. The Morgan fingerprint density at radius 3 is 2.53 bits per heavy atom. The zero-order valence-electron chi connectivity index (χ0n) is 11.2. The van der Waals surface area contributed by atoms with E-state index < -0.39 is 0 Å². The summed E-state index contributed by atoms with van der Waals surface area (Å²) in [6, 6.07) is 5.48. The third-order valence-electron chi connectivity index (χ3n) is 2.60. The summed E-state index contributed by atoms with van der Waals surface area (Å²) in [5, 5.41) is 4.29. The summed E-state index contributed by atoms with van der Waals surface area (Å²) in [6.07, 6.45) is 0. The van der Waals surface area contributed by atoms with E-state index in [4.69, 9.17) is 28.9 Å². The van der Waals surface area contributed by atoms with Crippen molar-refractivity contribution in [1.82, 2.24) is 5.32 Å². The molecule has 19 heavy (non-hydrogen) atoms. The zero-order valence-corrected chi connectivity index (χ0v) is 12.7. The molecule has 3 N–H and O–H groups in total. The van der Waals surface area contributed by atoms with Crippen LogP contribution in [0, 0.1) is 0 Å². The van der Waals surface area contributed by atoms with E-state index in [0.29, 0.717) is 29.1 Å². The van der Waals surface area contributed by atoms with Gasteiger partial charge in [-0.3, -0.25) is 4.99 Å². The SMILES string of the molecule is C=C(C)CNC(N)=NCC(C)c1c(Cl)cccc1Cl. The van der Waals surface area contributed by atoms with Gasteiger partial charge in [-0.1, -0.05) is 48.3 Å². The largest absolute Gasteiger partial charge is 0.370 e. The predicted molar refractivity (Wildman–Crippen MR) is 84.2 cm³/mol. The Bertz CT molecular complexity index is 463. The van der Waals surface area contributed by atoms with Gasteiger partial charge in [-0.15, -0.1) is 0 Å². The van der Waals surface area contributed by atoms with E-state index in [1.54, 1.807) is 0 Å². The molecule has 0 amide bonds. The maximum absolute atomic E-state index is 6.15. The third-order valence-corrected chi connectivity index (χ3v) is 3.26. The lowest BCUT2D eigenvalue weighted by Gasteiger charge is -2.14. The van der Waals surface area contributed by atoms with Crippen LogP contribution < -0.4 is 11.1 Å². The molecule has 1 atom stereocenters. The highest BCUT2D eigenvalue weighted by Crippen LogP contribution is 2.31. The summed E-state index contributed by atoms with van der Waals surface area (Å²) in [5.41, 5.74) is 7.66. The average molecular weight is 300 g/mol. The molecule has 1 rings (SSSR count). The van der Waals surface area contributed by atoms with E-state index in [1.165, 1.54) is 0 Å². The smallest absolute Gasteiger partial charge is 0.188 e. The van der Waals surface area contributed by atoms with Gasteiger partial charge in [0.25, 0.3) is 0 Å². The molecule has 0 bridgehead atoms. The fraction of sp³-hybridized carbons (Fsp3) is 0.357. The number of halogens is 2. The zero-order chi connectivity index (χ0) is 14.4. The number of guanidine groups is 1. The molecule has 0 aliphatic rings. The Hall–Kier alpha value is -1.19. The second-order valence-corrected chi connectivity index (χ2v) is 5.39. The molecule has 0 fully saturated rings. The van der Waals surface area contributed by atoms with E-state index in [2.05, 4.69) is 16.9 Å². The van der Waals surface area contributed by atoms with Crippen LogP contribution in [-0.2, 0) is 0 Å². The van der Waals surface area contributed by atoms with Crippen LogP contribution in [0.5, 0.6) is 0 Å². The minimum absolute atomic E-state index is 0.103. The summed E-state index contributed by atoms with van der Waals surface area (Å²) in [4.78, 5) is 4.28. The van der Waals surface area contributed by atoms with E-state index in [9.17, 15) is 0 Å². The topological polar surface area (TPSA) is 50.4 Å². The standard InChI is InChI=1S/C14H19Cl2N3/c1-9(2)7-18-14(17)19-8-10(3)13-11(15)5-4-6-12(13)16/h4-6,10H,1,7-8H2,2-3H3,(H3,17,18,19). The number of nitrogens with one attached hydrogen (secondary N) is 1. The van der Waals surface area contributed by atoms with Crippen LogP contribution in [0.2, 0.25) is 10.0 Å². The van der Waals surface area contributed by atoms with Crippen LogP contribution in [0.1, 0.15) is 25.3 Å². The molecule has 0 aliphatic carbocycles. The van der Waals surface area contributed by atoms with Crippen molar-refractivity contribution in [2.24, 2.45) is 10.7 Å². The minimum Gasteiger partial charge on any atom is -0.370 e. The Morgan fingerprint density at radius 2 is 2.00 bits per heavy atom. The lowest BCUT2D eigenvalue weighted by Crippen LogP contribution is -2.33. The van der Waals surface area contributed by atoms with E-state index in [0.717, 1.165) is 11.1 Å². The van der Waals surface area contributed by atoms with Crippen LogP contribution >= 0.6 is 23.2 Å². The highest BCUT2D eigenvalue weighted by atomic mass is 35.5. The van der Waals surface area contributed by atoms with Gasteiger partial charge >= 0.3 is 0 Å². The molecule has 0 spiro atoms. The van der Waals surface area contributed by atoms with Gasteiger partial charge in [0.2, 0.25) is 0 Å². The Labute approximate surface area is 124 Å². The average Bonchev–Trinajstić information content (AvgIpc) is 2.33. The number of aliphatic imine (C=N–C) groups is 1. The first-order valence-corrected chi connectivity index (χ1v) is 6.79. The molecule has 0 saturated heterocycles. The van der Waals surface area contributed by atoms with Gasteiger partial charge in [0.05, 0.1) is 0 Å². The molecule has 0 saturated carbocycles. The van der Waals surface area contributed by atoms with Crippen LogP contribution in [0.3, 0.4) is 0 Å². The van der Waals surface area contributed by atoms with Crippen molar-refractivity contribution >= 4 is 29.2 Å². The molecule has 104 valence electrons. The first kappa shape index (κ1) is 15.9. The molecule has 0 aromatic heterocycles. The van der Waals surface area contributed by atoms with Crippen molar-refractivity contribution in [3.05, 3.63) is 46.0 Å². The third kappa shape index (κ3) is 5.13. The molecule has 1 unspecified atom stereocenters. The molecule has 3 nitrogen and oxygen atoms in total. The van der Waals surface area contributed by atoms with E-state index >= 15 is 0 Å². The number of benzene rings is 1. The van der Waals surface area contributed by atoms with Crippen LogP contribution in [0.4, 0.5) is 0 Å². The van der Waals surface area contributed by atoms with Crippen LogP contribution in [-0.4, -0.2) is 19.0 Å². The Morgan fingerprint density at radius 1 is 1.42 bits per heavy atom. The maximum atomic E-state index is 6.15. The van der Waals surface area contributed by atoms with Gasteiger partial charge in [0.1, 0.15) is 0 Å². The number of nitrogens with zero attached hydrogens (tertiary/aromatic N) is 1. The fourth-order valence-corrected chi connectivity index (χ4v) is 2.38. The van der Waals surface area contributed by atoms with Crippen molar-refractivity contribution in [3.8, 4) is 0 Å². The summed E-state index contributed by atoms with van der Waals surface area (Å²) in [5.74, 6) is 0.504. The Balaban J connectivity index is 2.67.